The van der Waals surface area contributed by atoms with Gasteiger partial charge >= 0.3 is 0 Å². The highest BCUT2D eigenvalue weighted by molar-refractivity contribution is 6.32. The lowest BCUT2D eigenvalue weighted by Gasteiger charge is -2.24. The van der Waals surface area contributed by atoms with E-state index in [0.29, 0.717) is 6.04 Å². The first-order valence-electron chi connectivity index (χ1n) is 6.16. The predicted molar refractivity (Wildman–Crippen MR) is 69.9 cm³/mol. The molecule has 1 unspecified atom stereocenters. The summed E-state index contributed by atoms with van der Waals surface area (Å²) in [5, 5.41) is 4.38. The summed E-state index contributed by atoms with van der Waals surface area (Å²) in [4.78, 5) is 0. The minimum Gasteiger partial charge on any atom is -0.313 e. The third-order valence-corrected chi connectivity index (χ3v) is 4.26. The van der Waals surface area contributed by atoms with Crippen molar-refractivity contribution in [1.29, 1.82) is 0 Å². The van der Waals surface area contributed by atoms with Crippen LogP contribution in [0.1, 0.15) is 42.9 Å². The highest BCUT2D eigenvalue weighted by atomic mass is 35.5. The molecule has 1 aromatic carbocycles. The van der Waals surface area contributed by atoms with E-state index < -0.39 is 0 Å². The lowest BCUT2D eigenvalue weighted by Crippen LogP contribution is -2.24. The molecule has 1 aromatic rings. The molecule has 0 spiro atoms. The summed E-state index contributed by atoms with van der Waals surface area (Å²) in [6.45, 7) is 2.08. The molecule has 0 bridgehead atoms. The zero-order valence-electron chi connectivity index (χ0n) is 10.1. The van der Waals surface area contributed by atoms with Crippen LogP contribution >= 0.6 is 11.6 Å². The quantitative estimate of drug-likeness (QED) is 0.835. The Morgan fingerprint density at radius 1 is 1.31 bits per heavy atom. The third-order valence-electron chi connectivity index (χ3n) is 3.74. The maximum atomic E-state index is 6.41. The van der Waals surface area contributed by atoms with Crippen molar-refractivity contribution < 1.29 is 0 Å². The smallest absolute Gasteiger partial charge is 0.0483 e. The minimum atomic E-state index is 0.426. The van der Waals surface area contributed by atoms with E-state index in [4.69, 9.17) is 11.6 Å². The SMILES string of the molecule is CNC(c1cccc(C)c1Cl)C1CCCC1. The van der Waals surface area contributed by atoms with Gasteiger partial charge in [-0.25, -0.2) is 0 Å². The van der Waals surface area contributed by atoms with Crippen LogP contribution in [0.3, 0.4) is 0 Å². The average Bonchev–Trinajstić information content (AvgIpc) is 2.79. The van der Waals surface area contributed by atoms with Crippen molar-refractivity contribution in [3.8, 4) is 0 Å². The molecule has 2 heteroatoms. The Morgan fingerprint density at radius 3 is 2.62 bits per heavy atom. The lowest BCUT2D eigenvalue weighted by molar-refractivity contribution is 0.390. The normalized spacial score (nSPS) is 18.9. The molecule has 1 fully saturated rings. The maximum absolute atomic E-state index is 6.41. The van der Waals surface area contributed by atoms with Gasteiger partial charge in [-0.15, -0.1) is 0 Å². The first-order valence-corrected chi connectivity index (χ1v) is 6.54. The summed E-state index contributed by atoms with van der Waals surface area (Å²) >= 11 is 6.41. The van der Waals surface area contributed by atoms with E-state index in [2.05, 4.69) is 30.4 Å². The Morgan fingerprint density at radius 2 is 2.00 bits per heavy atom. The van der Waals surface area contributed by atoms with Gasteiger partial charge in [0.2, 0.25) is 0 Å². The van der Waals surface area contributed by atoms with Crippen LogP contribution in [-0.2, 0) is 0 Å². The summed E-state index contributed by atoms with van der Waals surface area (Å²) in [5.74, 6) is 0.754. The molecule has 0 amide bonds. The number of hydrogen-bond donors (Lipinski definition) is 1. The Hall–Kier alpha value is -0.530. The van der Waals surface area contributed by atoms with Gasteiger partial charge in [0.15, 0.2) is 0 Å². The molecule has 88 valence electrons. The van der Waals surface area contributed by atoms with Crippen LogP contribution in [-0.4, -0.2) is 7.05 Å². The van der Waals surface area contributed by atoms with Crippen LogP contribution in [0.25, 0.3) is 0 Å². The maximum Gasteiger partial charge on any atom is 0.0483 e. The van der Waals surface area contributed by atoms with Crippen molar-refractivity contribution in [1.82, 2.24) is 5.32 Å². The highest BCUT2D eigenvalue weighted by Crippen LogP contribution is 2.38. The zero-order chi connectivity index (χ0) is 11.5. The molecule has 0 heterocycles. The van der Waals surface area contributed by atoms with Gasteiger partial charge in [-0.3, -0.25) is 0 Å². The fraction of sp³-hybridized carbons (Fsp3) is 0.571. The van der Waals surface area contributed by atoms with Crippen molar-refractivity contribution >= 4 is 11.6 Å². The lowest BCUT2D eigenvalue weighted by atomic mass is 9.91. The summed E-state index contributed by atoms with van der Waals surface area (Å²) in [6, 6.07) is 6.77. The second-order valence-corrected chi connectivity index (χ2v) is 5.17. The highest BCUT2D eigenvalue weighted by Gasteiger charge is 2.26. The standard InChI is InChI=1S/C14H20ClN/c1-10-6-5-9-12(13(10)15)14(16-2)11-7-3-4-8-11/h5-6,9,11,14,16H,3-4,7-8H2,1-2H3. The van der Waals surface area contributed by atoms with Crippen LogP contribution in [0, 0.1) is 12.8 Å². The van der Waals surface area contributed by atoms with E-state index >= 15 is 0 Å². The van der Waals surface area contributed by atoms with Gasteiger partial charge in [0.05, 0.1) is 0 Å². The fourth-order valence-electron chi connectivity index (χ4n) is 2.85. The van der Waals surface area contributed by atoms with Gasteiger partial charge in [-0.1, -0.05) is 42.6 Å². The van der Waals surface area contributed by atoms with E-state index in [9.17, 15) is 0 Å². The molecule has 0 radical (unpaired) electrons. The van der Waals surface area contributed by atoms with Crippen molar-refractivity contribution in [2.75, 3.05) is 7.05 Å². The topological polar surface area (TPSA) is 12.0 Å². The molecule has 1 aliphatic rings. The molecule has 2 rings (SSSR count). The molecule has 1 saturated carbocycles. The number of aryl methyl sites for hydroxylation is 1. The number of hydrogen-bond acceptors (Lipinski definition) is 1. The third kappa shape index (κ3) is 2.26. The van der Waals surface area contributed by atoms with E-state index in [1.54, 1.807) is 0 Å². The van der Waals surface area contributed by atoms with E-state index in [-0.39, 0.29) is 0 Å². The molecule has 1 N–H and O–H groups in total. The summed E-state index contributed by atoms with van der Waals surface area (Å²) < 4.78 is 0. The molecule has 1 nitrogen and oxygen atoms in total. The van der Waals surface area contributed by atoms with Crippen LogP contribution < -0.4 is 5.32 Å². The Balaban J connectivity index is 2.28. The van der Waals surface area contributed by atoms with Crippen LogP contribution in [0.2, 0.25) is 5.02 Å². The van der Waals surface area contributed by atoms with Gasteiger partial charge in [0, 0.05) is 11.1 Å². The van der Waals surface area contributed by atoms with E-state index in [0.717, 1.165) is 10.9 Å². The van der Waals surface area contributed by atoms with Gasteiger partial charge in [0.25, 0.3) is 0 Å². The van der Waals surface area contributed by atoms with Crippen molar-refractivity contribution in [2.45, 2.75) is 38.6 Å². The van der Waals surface area contributed by atoms with Crippen LogP contribution in [0.15, 0.2) is 18.2 Å². The summed E-state index contributed by atoms with van der Waals surface area (Å²) in [7, 11) is 2.04. The molecule has 0 aliphatic heterocycles. The molecule has 0 saturated heterocycles. The number of benzene rings is 1. The zero-order valence-corrected chi connectivity index (χ0v) is 10.8. The molecule has 1 atom stereocenters. The predicted octanol–water partition coefficient (Wildman–Crippen LogP) is 4.10. The molecule has 1 aliphatic carbocycles. The second-order valence-electron chi connectivity index (χ2n) is 4.79. The van der Waals surface area contributed by atoms with Crippen LogP contribution in [0.4, 0.5) is 0 Å². The number of nitrogens with one attached hydrogen (secondary N) is 1. The van der Waals surface area contributed by atoms with E-state index in [1.807, 2.05) is 7.05 Å². The second kappa shape index (κ2) is 5.20. The van der Waals surface area contributed by atoms with Crippen molar-refractivity contribution in [3.63, 3.8) is 0 Å². The number of halogens is 1. The Kier molecular flexibility index (Phi) is 3.88. The first kappa shape index (κ1) is 11.9. The van der Waals surface area contributed by atoms with Gasteiger partial charge in [0.1, 0.15) is 0 Å². The monoisotopic (exact) mass is 237 g/mol. The first-order chi connectivity index (χ1) is 7.74. The van der Waals surface area contributed by atoms with Crippen molar-refractivity contribution in [3.05, 3.63) is 34.3 Å². The molecular formula is C14H20ClN. The van der Waals surface area contributed by atoms with Gasteiger partial charge in [-0.05, 0) is 43.9 Å². The fourth-order valence-corrected chi connectivity index (χ4v) is 3.09. The Labute approximate surface area is 103 Å². The van der Waals surface area contributed by atoms with Gasteiger partial charge < -0.3 is 5.32 Å². The molecule has 16 heavy (non-hydrogen) atoms. The largest absolute Gasteiger partial charge is 0.313 e. The molecular weight excluding hydrogens is 218 g/mol. The summed E-state index contributed by atoms with van der Waals surface area (Å²) in [6.07, 6.45) is 5.39. The Bertz CT molecular complexity index is 356. The van der Waals surface area contributed by atoms with Crippen LogP contribution in [0.5, 0.6) is 0 Å². The van der Waals surface area contributed by atoms with Crippen molar-refractivity contribution in [2.24, 2.45) is 5.92 Å². The van der Waals surface area contributed by atoms with Gasteiger partial charge in [-0.2, -0.15) is 0 Å². The average molecular weight is 238 g/mol. The number of rotatable bonds is 3. The van der Waals surface area contributed by atoms with E-state index in [1.165, 1.54) is 36.8 Å². The molecule has 0 aromatic heterocycles. The summed E-state index contributed by atoms with van der Waals surface area (Å²) in [5.41, 5.74) is 2.45. The minimum absolute atomic E-state index is 0.426.